The zero-order valence-corrected chi connectivity index (χ0v) is 18.4. The van der Waals surface area contributed by atoms with Crippen molar-refractivity contribution >= 4 is 22.5 Å². The number of benzene rings is 2. The second-order valence-electron chi connectivity index (χ2n) is 8.37. The molecule has 166 valence electrons. The van der Waals surface area contributed by atoms with E-state index < -0.39 is 0 Å². The molecule has 0 aliphatic carbocycles. The maximum Gasteiger partial charge on any atom is 0.227 e. The van der Waals surface area contributed by atoms with Gasteiger partial charge >= 0.3 is 0 Å². The molecular formula is C25H25N6O2+. The third kappa shape index (κ3) is 4.71. The summed E-state index contributed by atoms with van der Waals surface area (Å²) in [7, 11) is 1.89. The molecule has 8 heteroatoms. The minimum Gasteiger partial charge on any atom is -0.370 e. The van der Waals surface area contributed by atoms with Crippen LogP contribution in [0, 0.1) is 12.3 Å². The van der Waals surface area contributed by atoms with Gasteiger partial charge in [0.05, 0.1) is 24.9 Å². The SMILES string of the molecule is C#Cc1ccc2nc(Nc3cc(C[N+]4(O)CCOCC4)cc(-c4cnn(C)c4)c3)ncc2c1. The van der Waals surface area contributed by atoms with Gasteiger partial charge in [-0.05, 0) is 42.0 Å². The molecule has 1 aliphatic rings. The van der Waals surface area contributed by atoms with Crippen LogP contribution < -0.4 is 5.32 Å². The van der Waals surface area contributed by atoms with E-state index in [-0.39, 0.29) is 4.65 Å². The van der Waals surface area contributed by atoms with E-state index in [9.17, 15) is 5.21 Å². The summed E-state index contributed by atoms with van der Waals surface area (Å²) in [5.41, 5.74) is 5.44. The van der Waals surface area contributed by atoms with Crippen LogP contribution in [0.5, 0.6) is 0 Å². The first kappa shape index (κ1) is 21.1. The molecule has 0 unspecified atom stereocenters. The summed E-state index contributed by atoms with van der Waals surface area (Å²) in [5.74, 6) is 3.12. The first-order chi connectivity index (χ1) is 16.0. The normalized spacial score (nSPS) is 15.3. The van der Waals surface area contributed by atoms with E-state index in [4.69, 9.17) is 11.2 Å². The molecule has 2 aromatic heterocycles. The standard InChI is InChI=1S/C25H25N6O2/c1-3-18-4-5-24-21(10-18)14-26-25(29-24)28-23-12-19(17-31(32)6-8-33-9-7-31)11-20(13-23)22-15-27-30(2)16-22/h1,4-5,10-16,32H,6-9,17H2,2H3,(H,26,28,29)/q+1. The molecule has 0 saturated carbocycles. The van der Waals surface area contributed by atoms with Crippen LogP contribution in [0.15, 0.2) is 55.0 Å². The zero-order chi connectivity index (χ0) is 22.8. The van der Waals surface area contributed by atoms with Crippen LogP contribution in [-0.4, -0.2) is 55.9 Å². The first-order valence-electron chi connectivity index (χ1n) is 10.8. The fourth-order valence-electron chi connectivity index (χ4n) is 4.09. The van der Waals surface area contributed by atoms with E-state index in [1.54, 1.807) is 10.9 Å². The highest BCUT2D eigenvalue weighted by molar-refractivity contribution is 5.81. The van der Waals surface area contributed by atoms with E-state index in [0.717, 1.165) is 38.8 Å². The number of nitrogens with zero attached hydrogens (tertiary/aromatic N) is 5. The average Bonchev–Trinajstić information content (AvgIpc) is 3.25. The number of hydrogen-bond acceptors (Lipinski definition) is 6. The van der Waals surface area contributed by atoms with Crippen LogP contribution in [-0.2, 0) is 18.3 Å². The quantitative estimate of drug-likeness (QED) is 0.364. The number of anilines is 2. The number of aromatic nitrogens is 4. The van der Waals surface area contributed by atoms with Gasteiger partial charge in [-0.25, -0.2) is 15.2 Å². The van der Waals surface area contributed by atoms with Gasteiger partial charge in [-0.2, -0.15) is 9.75 Å². The van der Waals surface area contributed by atoms with Crippen LogP contribution in [0.3, 0.4) is 0 Å². The first-order valence-corrected chi connectivity index (χ1v) is 10.8. The second kappa shape index (κ2) is 8.64. The number of ether oxygens (including phenoxy) is 1. The van der Waals surface area contributed by atoms with Gasteiger partial charge < -0.3 is 10.1 Å². The van der Waals surface area contributed by atoms with Crippen LogP contribution in [0.2, 0.25) is 0 Å². The molecule has 1 fully saturated rings. The Balaban J connectivity index is 1.49. The van der Waals surface area contributed by atoms with Crippen LogP contribution in [0.4, 0.5) is 11.6 Å². The van der Waals surface area contributed by atoms with Gasteiger partial charge in [-0.1, -0.05) is 5.92 Å². The van der Waals surface area contributed by atoms with Crippen molar-refractivity contribution in [2.45, 2.75) is 6.54 Å². The number of terminal acetylenes is 1. The maximum absolute atomic E-state index is 11.0. The fraction of sp³-hybridized carbons (Fsp3) is 0.240. The van der Waals surface area contributed by atoms with E-state index in [1.807, 2.05) is 49.8 Å². The Morgan fingerprint density at radius 2 is 2.00 bits per heavy atom. The molecule has 0 radical (unpaired) electrons. The van der Waals surface area contributed by atoms with E-state index >= 15 is 0 Å². The minimum absolute atomic E-state index is 0.0417. The summed E-state index contributed by atoms with van der Waals surface area (Å²) < 4.78 is 7.15. The Kier molecular flexibility index (Phi) is 5.52. The number of hydrogen-bond donors (Lipinski definition) is 2. The molecule has 33 heavy (non-hydrogen) atoms. The predicted octanol–water partition coefficient (Wildman–Crippen LogP) is 3.49. The third-order valence-corrected chi connectivity index (χ3v) is 5.81. The number of hydroxylamine groups is 3. The lowest BCUT2D eigenvalue weighted by atomic mass is 10.0. The van der Waals surface area contributed by atoms with Gasteiger partial charge in [0, 0.05) is 47.2 Å². The van der Waals surface area contributed by atoms with Crippen molar-refractivity contribution in [3.63, 3.8) is 0 Å². The van der Waals surface area contributed by atoms with Crippen molar-refractivity contribution in [3.8, 4) is 23.5 Å². The van der Waals surface area contributed by atoms with Gasteiger partial charge in [0.25, 0.3) is 0 Å². The molecular weight excluding hydrogens is 416 g/mol. The van der Waals surface area contributed by atoms with Gasteiger partial charge in [0.2, 0.25) is 5.95 Å². The number of morpholine rings is 1. The van der Waals surface area contributed by atoms with E-state index in [2.05, 4.69) is 32.4 Å². The van der Waals surface area contributed by atoms with Crippen LogP contribution in [0.25, 0.3) is 22.0 Å². The Hall–Kier alpha value is -3.77. The Labute approximate surface area is 192 Å². The summed E-state index contributed by atoms with van der Waals surface area (Å²) in [6, 6.07) is 11.8. The number of quaternary nitrogens is 1. The molecule has 4 aromatic rings. The van der Waals surface area contributed by atoms with Gasteiger partial charge in [-0.3, -0.25) is 4.68 Å². The molecule has 5 rings (SSSR count). The molecule has 1 aliphatic heterocycles. The lowest BCUT2D eigenvalue weighted by Crippen LogP contribution is -2.51. The molecule has 0 atom stereocenters. The van der Waals surface area contributed by atoms with Crippen molar-refractivity contribution in [1.82, 2.24) is 19.7 Å². The lowest BCUT2D eigenvalue weighted by molar-refractivity contribution is -1.12. The fourth-order valence-corrected chi connectivity index (χ4v) is 4.09. The highest BCUT2D eigenvalue weighted by Gasteiger charge is 2.29. The molecule has 2 aromatic carbocycles. The minimum atomic E-state index is -0.0417. The number of rotatable bonds is 5. The summed E-state index contributed by atoms with van der Waals surface area (Å²) in [6.45, 7) is 2.71. The van der Waals surface area contributed by atoms with E-state index in [1.165, 1.54) is 0 Å². The highest BCUT2D eigenvalue weighted by Crippen LogP contribution is 2.28. The van der Waals surface area contributed by atoms with Crippen LogP contribution in [0.1, 0.15) is 11.1 Å². The number of aryl methyl sites for hydroxylation is 1. The van der Waals surface area contributed by atoms with E-state index in [0.29, 0.717) is 38.8 Å². The average molecular weight is 442 g/mol. The molecule has 0 bridgehead atoms. The Morgan fingerprint density at radius 3 is 2.76 bits per heavy atom. The monoisotopic (exact) mass is 441 g/mol. The summed E-state index contributed by atoms with van der Waals surface area (Å²) in [5, 5.41) is 19.5. The maximum atomic E-state index is 11.0. The summed E-state index contributed by atoms with van der Waals surface area (Å²) >= 11 is 0. The van der Waals surface area contributed by atoms with Crippen molar-refractivity contribution in [2.75, 3.05) is 31.6 Å². The smallest absolute Gasteiger partial charge is 0.227 e. The van der Waals surface area contributed by atoms with Crippen molar-refractivity contribution < 1.29 is 14.6 Å². The number of nitrogens with one attached hydrogen (secondary N) is 1. The summed E-state index contributed by atoms with van der Waals surface area (Å²) in [6.07, 6.45) is 11.1. The Bertz CT molecular complexity index is 1350. The van der Waals surface area contributed by atoms with Crippen molar-refractivity contribution in [2.24, 2.45) is 7.05 Å². The van der Waals surface area contributed by atoms with Crippen molar-refractivity contribution in [3.05, 3.63) is 66.1 Å². The molecule has 0 amide bonds. The molecule has 2 N–H and O–H groups in total. The zero-order valence-electron chi connectivity index (χ0n) is 18.4. The second-order valence-corrected chi connectivity index (χ2v) is 8.37. The highest BCUT2D eigenvalue weighted by atomic mass is 16.6. The molecule has 8 nitrogen and oxygen atoms in total. The summed E-state index contributed by atoms with van der Waals surface area (Å²) in [4.78, 5) is 9.10. The van der Waals surface area contributed by atoms with Gasteiger partial charge in [0.15, 0.2) is 0 Å². The van der Waals surface area contributed by atoms with Crippen LogP contribution >= 0.6 is 0 Å². The largest absolute Gasteiger partial charge is 0.370 e. The Morgan fingerprint density at radius 1 is 1.15 bits per heavy atom. The van der Waals surface area contributed by atoms with Gasteiger partial charge in [-0.15, -0.1) is 6.42 Å². The molecule has 3 heterocycles. The lowest BCUT2D eigenvalue weighted by Gasteiger charge is -2.33. The molecule has 0 spiro atoms. The topological polar surface area (TPSA) is 85.1 Å². The van der Waals surface area contributed by atoms with Crippen molar-refractivity contribution in [1.29, 1.82) is 0 Å². The predicted molar refractivity (Wildman–Crippen MR) is 126 cm³/mol. The number of fused-ring (bicyclic) bond motifs is 1. The molecule has 1 saturated heterocycles. The third-order valence-electron chi connectivity index (χ3n) is 5.81. The van der Waals surface area contributed by atoms with Gasteiger partial charge in [0.1, 0.15) is 19.6 Å².